The van der Waals surface area contributed by atoms with Crippen LogP contribution in [-0.2, 0) is 4.57 Å². The standard InChI is InChI=1S/C2H8N2.Na.H3O4P.H/c3-1-2-4;;1-5(2,3)4;/h1-4H2;;(H3,1,2,3,4);/q;+1;;-1. The monoisotopic (exact) mass is 182 g/mol. The van der Waals surface area contributed by atoms with Crippen LogP contribution in [0.15, 0.2) is 0 Å². The van der Waals surface area contributed by atoms with Crippen LogP contribution in [0, 0.1) is 0 Å². The summed E-state index contributed by atoms with van der Waals surface area (Å²) >= 11 is 0. The molecule has 0 aromatic rings. The Labute approximate surface area is 82.6 Å². The van der Waals surface area contributed by atoms with E-state index in [1.54, 1.807) is 0 Å². The molecule has 0 aromatic heterocycles. The van der Waals surface area contributed by atoms with E-state index in [1.165, 1.54) is 0 Å². The summed E-state index contributed by atoms with van der Waals surface area (Å²) in [5.41, 5.74) is 9.81. The van der Waals surface area contributed by atoms with E-state index in [0.29, 0.717) is 13.1 Å². The normalized spacial score (nSPS) is 8.90. The minimum absolute atomic E-state index is 0. The summed E-state index contributed by atoms with van der Waals surface area (Å²) in [5, 5.41) is 0. The van der Waals surface area contributed by atoms with Crippen molar-refractivity contribution in [1.82, 2.24) is 0 Å². The first-order valence-electron chi connectivity index (χ1n) is 2.10. The van der Waals surface area contributed by atoms with Crippen molar-refractivity contribution in [3.05, 3.63) is 0 Å². The maximum absolute atomic E-state index is 8.88. The Morgan fingerprint density at radius 3 is 1.30 bits per heavy atom. The van der Waals surface area contributed by atoms with Crippen molar-refractivity contribution in [3.63, 3.8) is 0 Å². The van der Waals surface area contributed by atoms with Crippen LogP contribution in [0.3, 0.4) is 0 Å². The first-order valence-corrected chi connectivity index (χ1v) is 3.66. The second-order valence-electron chi connectivity index (χ2n) is 1.09. The van der Waals surface area contributed by atoms with Crippen molar-refractivity contribution in [2.75, 3.05) is 13.1 Å². The van der Waals surface area contributed by atoms with E-state index in [4.69, 9.17) is 30.7 Å². The molecule has 0 unspecified atom stereocenters. The summed E-state index contributed by atoms with van der Waals surface area (Å²) in [6.07, 6.45) is 0. The summed E-state index contributed by atoms with van der Waals surface area (Å²) in [5.74, 6) is 0. The zero-order valence-electron chi connectivity index (χ0n) is 6.77. The van der Waals surface area contributed by atoms with E-state index < -0.39 is 7.82 Å². The van der Waals surface area contributed by atoms with Crippen molar-refractivity contribution in [2.24, 2.45) is 11.5 Å². The van der Waals surface area contributed by atoms with Crippen LogP contribution in [0.5, 0.6) is 0 Å². The third-order valence-electron chi connectivity index (χ3n) is 0.167. The first-order chi connectivity index (χ1) is 3.91. The Kier molecular flexibility index (Phi) is 17.3. The third kappa shape index (κ3) is 141. The third-order valence-corrected chi connectivity index (χ3v) is 0.167. The number of rotatable bonds is 1. The fourth-order valence-corrected chi connectivity index (χ4v) is 0. The van der Waals surface area contributed by atoms with Crippen LogP contribution in [0.25, 0.3) is 0 Å². The molecule has 0 saturated carbocycles. The summed E-state index contributed by atoms with van der Waals surface area (Å²) in [6.45, 7) is 1.19. The fraction of sp³-hybridized carbons (Fsp3) is 1.00. The van der Waals surface area contributed by atoms with E-state index in [0.717, 1.165) is 0 Å². The molecule has 0 rings (SSSR count). The van der Waals surface area contributed by atoms with Gasteiger partial charge in [0, 0.05) is 13.1 Å². The predicted octanol–water partition coefficient (Wildman–Crippen LogP) is -4.91. The zero-order valence-corrected chi connectivity index (χ0v) is 8.66. The Balaban J connectivity index is -0.0000000383. The van der Waals surface area contributed by atoms with Crippen molar-refractivity contribution < 1.29 is 50.2 Å². The van der Waals surface area contributed by atoms with Gasteiger partial charge in [-0.25, -0.2) is 4.57 Å². The number of hydrogen-bond acceptors (Lipinski definition) is 3. The molecule has 0 radical (unpaired) electrons. The molecule has 0 fully saturated rings. The molecule has 0 aromatic carbocycles. The first kappa shape index (κ1) is 17.2. The predicted molar refractivity (Wildman–Crippen MR) is 33.5 cm³/mol. The van der Waals surface area contributed by atoms with Gasteiger partial charge >= 0.3 is 37.4 Å². The van der Waals surface area contributed by atoms with Gasteiger partial charge < -0.3 is 27.6 Å². The van der Waals surface area contributed by atoms with Crippen LogP contribution >= 0.6 is 7.82 Å². The minimum Gasteiger partial charge on any atom is -1.00 e. The average molecular weight is 182 g/mol. The largest absolute Gasteiger partial charge is 1.00 e. The number of nitrogens with two attached hydrogens (primary N) is 2. The molecule has 6 nitrogen and oxygen atoms in total. The zero-order chi connectivity index (χ0) is 7.91. The van der Waals surface area contributed by atoms with E-state index in [-0.39, 0.29) is 31.0 Å². The van der Waals surface area contributed by atoms with Crippen molar-refractivity contribution in [1.29, 1.82) is 0 Å². The average Bonchev–Trinajstić information content (AvgIpc) is 1.61. The van der Waals surface area contributed by atoms with Gasteiger partial charge in [0.15, 0.2) is 0 Å². The van der Waals surface area contributed by atoms with Gasteiger partial charge in [-0.15, -0.1) is 0 Å². The van der Waals surface area contributed by atoms with E-state index >= 15 is 0 Å². The van der Waals surface area contributed by atoms with Crippen LogP contribution in [0.4, 0.5) is 0 Å². The van der Waals surface area contributed by atoms with Gasteiger partial charge in [-0.3, -0.25) is 0 Å². The molecule has 0 heterocycles. The summed E-state index contributed by atoms with van der Waals surface area (Å²) in [4.78, 5) is 21.6. The fourth-order valence-electron chi connectivity index (χ4n) is 0. The molecular formula is C2H12N2NaO4P. The molecule has 7 N–H and O–H groups in total. The van der Waals surface area contributed by atoms with E-state index in [2.05, 4.69) is 0 Å². The number of hydrogen-bond donors (Lipinski definition) is 5. The van der Waals surface area contributed by atoms with Crippen LogP contribution in [0.1, 0.15) is 1.43 Å². The van der Waals surface area contributed by atoms with Gasteiger partial charge in [-0.1, -0.05) is 0 Å². The second-order valence-corrected chi connectivity index (χ2v) is 2.12. The van der Waals surface area contributed by atoms with Crippen LogP contribution in [-0.4, -0.2) is 27.8 Å². The summed E-state index contributed by atoms with van der Waals surface area (Å²) in [7, 11) is -4.64. The number of phosphoric acid groups is 1. The van der Waals surface area contributed by atoms with Crippen molar-refractivity contribution in [3.8, 4) is 0 Å². The molecular weight excluding hydrogens is 170 g/mol. The Hall–Kier alpha value is 1.03. The molecule has 60 valence electrons. The Morgan fingerprint density at radius 1 is 1.20 bits per heavy atom. The molecule has 0 saturated heterocycles. The molecule has 0 aliphatic rings. The molecule has 0 aliphatic heterocycles. The Morgan fingerprint density at radius 2 is 1.30 bits per heavy atom. The van der Waals surface area contributed by atoms with Gasteiger partial charge in [0.2, 0.25) is 0 Å². The molecule has 0 amide bonds. The molecule has 0 atom stereocenters. The summed E-state index contributed by atoms with van der Waals surface area (Å²) in [6, 6.07) is 0. The molecule has 0 bridgehead atoms. The maximum atomic E-state index is 8.88. The SMILES string of the molecule is NCCN.O=P(O)(O)O.[H-].[Na+]. The van der Waals surface area contributed by atoms with Crippen molar-refractivity contribution in [2.45, 2.75) is 0 Å². The van der Waals surface area contributed by atoms with Gasteiger partial charge in [-0.05, 0) is 0 Å². The van der Waals surface area contributed by atoms with E-state index in [1.807, 2.05) is 0 Å². The smallest absolute Gasteiger partial charge is 1.00 e. The maximum Gasteiger partial charge on any atom is 1.00 e. The minimum atomic E-state index is -4.64. The van der Waals surface area contributed by atoms with Crippen LogP contribution in [0.2, 0.25) is 0 Å². The Bertz CT molecular complexity index is 89.8. The van der Waals surface area contributed by atoms with Gasteiger partial charge in [0.1, 0.15) is 0 Å². The van der Waals surface area contributed by atoms with Crippen LogP contribution < -0.4 is 41.0 Å². The van der Waals surface area contributed by atoms with Gasteiger partial charge in [0.25, 0.3) is 0 Å². The quantitative estimate of drug-likeness (QED) is 0.204. The van der Waals surface area contributed by atoms with Crippen molar-refractivity contribution >= 4 is 7.82 Å². The van der Waals surface area contributed by atoms with E-state index in [9.17, 15) is 0 Å². The molecule has 10 heavy (non-hydrogen) atoms. The summed E-state index contributed by atoms with van der Waals surface area (Å²) < 4.78 is 8.88. The topological polar surface area (TPSA) is 130 Å². The molecule has 8 heteroatoms. The van der Waals surface area contributed by atoms with Gasteiger partial charge in [0.05, 0.1) is 0 Å². The second kappa shape index (κ2) is 10.0. The molecule has 0 aliphatic carbocycles. The molecule has 0 spiro atoms. The van der Waals surface area contributed by atoms with Gasteiger partial charge in [-0.2, -0.15) is 0 Å².